The normalized spacial score (nSPS) is 23.1. The van der Waals surface area contributed by atoms with E-state index in [1.807, 2.05) is 0 Å². The summed E-state index contributed by atoms with van der Waals surface area (Å²) in [5, 5.41) is 3.79. The summed E-state index contributed by atoms with van der Waals surface area (Å²) in [7, 11) is 1.76. The van der Waals surface area contributed by atoms with E-state index in [1.54, 1.807) is 7.11 Å². The van der Waals surface area contributed by atoms with Crippen LogP contribution in [0.3, 0.4) is 0 Å². The molecule has 2 rings (SSSR count). The molecule has 0 amide bonds. The summed E-state index contributed by atoms with van der Waals surface area (Å²) < 4.78 is 5.47. The van der Waals surface area contributed by atoms with Gasteiger partial charge in [-0.05, 0) is 37.7 Å². The zero-order valence-electron chi connectivity index (χ0n) is 13.4. The van der Waals surface area contributed by atoms with Crippen molar-refractivity contribution in [1.82, 2.24) is 5.32 Å². The van der Waals surface area contributed by atoms with Crippen LogP contribution in [-0.2, 0) is 6.54 Å². The van der Waals surface area contributed by atoms with E-state index in [-0.39, 0.29) is 0 Å². The van der Waals surface area contributed by atoms with Crippen LogP contribution in [0.2, 0.25) is 0 Å². The minimum Gasteiger partial charge on any atom is -0.496 e. The Balaban J connectivity index is 2.01. The van der Waals surface area contributed by atoms with Gasteiger partial charge in [-0.15, -0.1) is 0 Å². The van der Waals surface area contributed by atoms with E-state index >= 15 is 0 Å². The minimum atomic E-state index is 0.661. The molecule has 1 aromatic carbocycles. The molecule has 0 heterocycles. The SMILES string of the molecule is COc1ccc(C)cc1CNC1CCCCC1C(C)C. The molecule has 0 aliphatic heterocycles. The summed E-state index contributed by atoms with van der Waals surface area (Å²) in [6, 6.07) is 7.08. The lowest BCUT2D eigenvalue weighted by Gasteiger charge is -2.35. The summed E-state index contributed by atoms with van der Waals surface area (Å²) >= 11 is 0. The van der Waals surface area contributed by atoms with Gasteiger partial charge in [0.25, 0.3) is 0 Å². The van der Waals surface area contributed by atoms with E-state index in [0.717, 1.165) is 24.1 Å². The highest BCUT2D eigenvalue weighted by Gasteiger charge is 2.27. The summed E-state index contributed by atoms with van der Waals surface area (Å²) in [6.45, 7) is 7.77. The molecule has 1 aliphatic rings. The minimum absolute atomic E-state index is 0.661. The highest BCUT2D eigenvalue weighted by Crippen LogP contribution is 2.30. The quantitative estimate of drug-likeness (QED) is 0.864. The van der Waals surface area contributed by atoms with Crippen molar-refractivity contribution in [2.24, 2.45) is 11.8 Å². The van der Waals surface area contributed by atoms with Crippen molar-refractivity contribution in [1.29, 1.82) is 0 Å². The predicted octanol–water partition coefficient (Wildman–Crippen LogP) is 4.31. The zero-order valence-corrected chi connectivity index (χ0v) is 13.4. The zero-order chi connectivity index (χ0) is 14.5. The van der Waals surface area contributed by atoms with Crippen LogP contribution in [0.4, 0.5) is 0 Å². The van der Waals surface area contributed by atoms with Gasteiger partial charge in [0.05, 0.1) is 7.11 Å². The second kappa shape index (κ2) is 7.12. The number of nitrogens with one attached hydrogen (secondary N) is 1. The standard InChI is InChI=1S/C18H29NO/c1-13(2)16-7-5-6-8-17(16)19-12-15-11-14(3)9-10-18(15)20-4/h9-11,13,16-17,19H,5-8,12H2,1-4H3. The van der Waals surface area contributed by atoms with Gasteiger partial charge in [-0.25, -0.2) is 0 Å². The second-order valence-corrected chi connectivity index (χ2v) is 6.50. The molecule has 0 aromatic heterocycles. The molecule has 1 aliphatic carbocycles. The molecule has 1 N–H and O–H groups in total. The van der Waals surface area contributed by atoms with E-state index in [2.05, 4.69) is 44.3 Å². The molecule has 2 unspecified atom stereocenters. The van der Waals surface area contributed by atoms with Crippen molar-refractivity contribution in [3.63, 3.8) is 0 Å². The fourth-order valence-corrected chi connectivity index (χ4v) is 3.50. The average molecular weight is 275 g/mol. The van der Waals surface area contributed by atoms with Crippen molar-refractivity contribution in [3.8, 4) is 5.75 Å². The fraction of sp³-hybridized carbons (Fsp3) is 0.667. The molecule has 2 atom stereocenters. The fourth-order valence-electron chi connectivity index (χ4n) is 3.50. The van der Waals surface area contributed by atoms with Gasteiger partial charge in [-0.1, -0.05) is 44.4 Å². The maximum Gasteiger partial charge on any atom is 0.123 e. The molecule has 20 heavy (non-hydrogen) atoms. The van der Waals surface area contributed by atoms with E-state index in [0.29, 0.717) is 6.04 Å². The van der Waals surface area contributed by atoms with Crippen LogP contribution in [-0.4, -0.2) is 13.2 Å². The molecule has 0 saturated heterocycles. The predicted molar refractivity (Wildman–Crippen MR) is 85.2 cm³/mol. The van der Waals surface area contributed by atoms with Crippen molar-refractivity contribution in [2.45, 2.75) is 59.0 Å². The van der Waals surface area contributed by atoms with E-state index in [4.69, 9.17) is 4.74 Å². The molecular weight excluding hydrogens is 246 g/mol. The monoisotopic (exact) mass is 275 g/mol. The maximum absolute atomic E-state index is 5.47. The Hall–Kier alpha value is -1.02. The Bertz CT molecular complexity index is 427. The Morgan fingerprint density at radius 2 is 2.00 bits per heavy atom. The summed E-state index contributed by atoms with van der Waals surface area (Å²) in [4.78, 5) is 0. The number of aryl methyl sites for hydroxylation is 1. The van der Waals surface area contributed by atoms with Gasteiger partial charge >= 0.3 is 0 Å². The van der Waals surface area contributed by atoms with Gasteiger partial charge in [0.2, 0.25) is 0 Å². The largest absolute Gasteiger partial charge is 0.496 e. The summed E-state index contributed by atoms with van der Waals surface area (Å²) in [6.07, 6.45) is 5.46. The highest BCUT2D eigenvalue weighted by atomic mass is 16.5. The van der Waals surface area contributed by atoms with Crippen molar-refractivity contribution in [2.75, 3.05) is 7.11 Å². The highest BCUT2D eigenvalue weighted by molar-refractivity contribution is 5.36. The maximum atomic E-state index is 5.47. The molecular formula is C18H29NO. The van der Waals surface area contributed by atoms with Crippen LogP contribution in [0, 0.1) is 18.8 Å². The first-order chi connectivity index (χ1) is 9.61. The number of hydrogen-bond donors (Lipinski definition) is 1. The Morgan fingerprint density at radius 3 is 2.70 bits per heavy atom. The first-order valence-corrected chi connectivity index (χ1v) is 7.98. The number of ether oxygens (including phenoxy) is 1. The van der Waals surface area contributed by atoms with Crippen LogP contribution in [0.25, 0.3) is 0 Å². The van der Waals surface area contributed by atoms with E-state index in [1.165, 1.54) is 36.8 Å². The van der Waals surface area contributed by atoms with Gasteiger partial charge < -0.3 is 10.1 Å². The first kappa shape index (κ1) is 15.4. The lowest BCUT2D eigenvalue weighted by molar-refractivity contribution is 0.204. The molecule has 1 saturated carbocycles. The van der Waals surface area contributed by atoms with Gasteiger partial charge in [0.1, 0.15) is 5.75 Å². The van der Waals surface area contributed by atoms with Gasteiger partial charge in [-0.3, -0.25) is 0 Å². The van der Waals surface area contributed by atoms with Crippen molar-refractivity contribution < 1.29 is 4.74 Å². The van der Waals surface area contributed by atoms with Crippen molar-refractivity contribution >= 4 is 0 Å². The number of benzene rings is 1. The summed E-state index contributed by atoms with van der Waals surface area (Å²) in [5.41, 5.74) is 2.58. The van der Waals surface area contributed by atoms with E-state index in [9.17, 15) is 0 Å². The smallest absolute Gasteiger partial charge is 0.123 e. The molecule has 1 fully saturated rings. The molecule has 112 valence electrons. The average Bonchev–Trinajstić information content (AvgIpc) is 2.45. The lowest BCUT2D eigenvalue weighted by Crippen LogP contribution is -2.40. The molecule has 0 spiro atoms. The Labute approximate surface area is 123 Å². The van der Waals surface area contributed by atoms with Crippen LogP contribution in [0.5, 0.6) is 5.75 Å². The van der Waals surface area contributed by atoms with E-state index < -0.39 is 0 Å². The third-order valence-electron chi connectivity index (χ3n) is 4.67. The number of hydrogen-bond acceptors (Lipinski definition) is 2. The van der Waals surface area contributed by atoms with Crippen LogP contribution in [0.1, 0.15) is 50.7 Å². The van der Waals surface area contributed by atoms with Gasteiger partial charge in [-0.2, -0.15) is 0 Å². The van der Waals surface area contributed by atoms with Crippen LogP contribution in [0.15, 0.2) is 18.2 Å². The topological polar surface area (TPSA) is 21.3 Å². The van der Waals surface area contributed by atoms with Gasteiger partial charge in [0, 0.05) is 18.2 Å². The third-order valence-corrected chi connectivity index (χ3v) is 4.67. The Morgan fingerprint density at radius 1 is 1.25 bits per heavy atom. The Kier molecular flexibility index (Phi) is 5.47. The first-order valence-electron chi connectivity index (χ1n) is 7.98. The lowest BCUT2D eigenvalue weighted by atomic mass is 9.78. The van der Waals surface area contributed by atoms with Gasteiger partial charge in [0.15, 0.2) is 0 Å². The van der Waals surface area contributed by atoms with Crippen LogP contribution >= 0.6 is 0 Å². The van der Waals surface area contributed by atoms with Crippen molar-refractivity contribution in [3.05, 3.63) is 29.3 Å². The number of rotatable bonds is 5. The molecule has 1 aromatic rings. The second-order valence-electron chi connectivity index (χ2n) is 6.50. The third kappa shape index (κ3) is 3.76. The molecule has 0 radical (unpaired) electrons. The molecule has 2 nitrogen and oxygen atoms in total. The summed E-state index contributed by atoms with van der Waals surface area (Å²) in [5.74, 6) is 2.59. The number of methoxy groups -OCH3 is 1. The molecule has 0 bridgehead atoms. The van der Waals surface area contributed by atoms with Crippen LogP contribution < -0.4 is 10.1 Å². The molecule has 2 heteroatoms.